The summed E-state index contributed by atoms with van der Waals surface area (Å²) in [6, 6.07) is 0. The van der Waals surface area contributed by atoms with E-state index in [1.165, 1.54) is 186 Å². The van der Waals surface area contributed by atoms with E-state index in [0.717, 1.165) is 116 Å². The molecule has 0 rings (SSSR count). The highest BCUT2D eigenvalue weighted by Gasteiger charge is 2.19. The Balaban J connectivity index is 4.07. The van der Waals surface area contributed by atoms with Crippen LogP contribution in [0.1, 0.15) is 342 Å². The van der Waals surface area contributed by atoms with Crippen molar-refractivity contribution in [1.82, 2.24) is 0 Å². The molecule has 0 aliphatic rings. The zero-order valence-corrected chi connectivity index (χ0v) is 52.4. The van der Waals surface area contributed by atoms with Crippen molar-refractivity contribution in [1.29, 1.82) is 0 Å². The number of rotatable bonds is 62. The van der Waals surface area contributed by atoms with Gasteiger partial charge in [-0.05, 0) is 89.9 Å². The Bertz CT molecular complexity index is 1500. The highest BCUT2D eigenvalue weighted by atomic mass is 16.6. The molecule has 456 valence electrons. The number of ether oxygens (including phenoxy) is 3. The van der Waals surface area contributed by atoms with Gasteiger partial charge in [0.15, 0.2) is 6.10 Å². The second-order valence-corrected chi connectivity index (χ2v) is 22.7. The summed E-state index contributed by atoms with van der Waals surface area (Å²) in [5, 5.41) is 0. The van der Waals surface area contributed by atoms with Crippen LogP contribution in [0.15, 0.2) is 85.1 Å². The quantitative estimate of drug-likeness (QED) is 0.0261. The Morgan fingerprint density at radius 1 is 0.266 bits per heavy atom. The van der Waals surface area contributed by atoms with E-state index in [2.05, 4.69) is 106 Å². The van der Waals surface area contributed by atoms with Crippen LogP contribution in [0.2, 0.25) is 0 Å². The number of unbranched alkanes of at least 4 members (excludes halogenated alkanes) is 37. The number of hydrogen-bond acceptors (Lipinski definition) is 6. The topological polar surface area (TPSA) is 78.9 Å². The van der Waals surface area contributed by atoms with Crippen LogP contribution < -0.4 is 0 Å². The van der Waals surface area contributed by atoms with Gasteiger partial charge < -0.3 is 14.2 Å². The Kier molecular flexibility index (Phi) is 64.2. The van der Waals surface area contributed by atoms with Gasteiger partial charge in [0.2, 0.25) is 0 Å². The van der Waals surface area contributed by atoms with E-state index in [1.807, 2.05) is 0 Å². The van der Waals surface area contributed by atoms with Crippen molar-refractivity contribution in [3.8, 4) is 0 Å². The van der Waals surface area contributed by atoms with Crippen molar-refractivity contribution in [2.75, 3.05) is 13.2 Å². The van der Waals surface area contributed by atoms with Crippen LogP contribution in [0.3, 0.4) is 0 Å². The monoisotopic (exact) mass is 1100 g/mol. The van der Waals surface area contributed by atoms with Crippen LogP contribution in [-0.4, -0.2) is 37.2 Å². The van der Waals surface area contributed by atoms with E-state index in [4.69, 9.17) is 14.2 Å². The van der Waals surface area contributed by atoms with E-state index in [1.54, 1.807) is 0 Å². The lowest BCUT2D eigenvalue weighted by molar-refractivity contribution is -0.167. The molecule has 0 aliphatic heterocycles. The normalized spacial score (nSPS) is 12.6. The fourth-order valence-electron chi connectivity index (χ4n) is 9.78. The number of esters is 3. The molecule has 0 N–H and O–H groups in total. The Labute approximate surface area is 490 Å². The SMILES string of the molecule is CC/C=C\C/C=C\C/C=C\C/C=C\C/C=C\CCCCCCCCCCCCCCCCCCCCCC(=O)OCC(COC(=O)CCCCCCCCCCCCCC)OC(=O)CCCCCCC/C=C\C/C=C\CCCC. The summed E-state index contributed by atoms with van der Waals surface area (Å²) in [4.78, 5) is 38.2. The van der Waals surface area contributed by atoms with Crippen molar-refractivity contribution in [3.63, 3.8) is 0 Å². The fraction of sp³-hybridized carbons (Fsp3) is 0.767. The molecule has 0 radical (unpaired) electrons. The average molecular weight is 1100 g/mol. The van der Waals surface area contributed by atoms with Crippen LogP contribution >= 0.6 is 0 Å². The lowest BCUT2D eigenvalue weighted by Crippen LogP contribution is -2.30. The molecule has 0 bridgehead atoms. The lowest BCUT2D eigenvalue weighted by atomic mass is 10.0. The predicted octanol–water partition coefficient (Wildman–Crippen LogP) is 23.4. The van der Waals surface area contributed by atoms with Gasteiger partial charge >= 0.3 is 17.9 Å². The highest BCUT2D eigenvalue weighted by Crippen LogP contribution is 2.17. The molecule has 0 aliphatic carbocycles. The molecule has 0 heterocycles. The van der Waals surface area contributed by atoms with Gasteiger partial charge in [-0.1, -0.05) is 318 Å². The third-order valence-electron chi connectivity index (χ3n) is 14.9. The van der Waals surface area contributed by atoms with Crippen molar-refractivity contribution in [2.45, 2.75) is 348 Å². The molecule has 79 heavy (non-hydrogen) atoms. The minimum Gasteiger partial charge on any atom is -0.462 e. The molecule has 0 fully saturated rings. The van der Waals surface area contributed by atoms with Crippen LogP contribution in [0, 0.1) is 0 Å². The minimum atomic E-state index is -0.779. The molecule has 6 nitrogen and oxygen atoms in total. The first-order valence-corrected chi connectivity index (χ1v) is 34.1. The Morgan fingerprint density at radius 3 is 0.810 bits per heavy atom. The van der Waals surface area contributed by atoms with Crippen LogP contribution in [0.25, 0.3) is 0 Å². The van der Waals surface area contributed by atoms with Crippen molar-refractivity contribution in [3.05, 3.63) is 85.1 Å². The number of hydrogen-bond donors (Lipinski definition) is 0. The van der Waals surface area contributed by atoms with Crippen molar-refractivity contribution >= 4 is 17.9 Å². The summed E-state index contributed by atoms with van der Waals surface area (Å²) in [7, 11) is 0. The van der Waals surface area contributed by atoms with Gasteiger partial charge in [0.05, 0.1) is 0 Å². The van der Waals surface area contributed by atoms with Crippen LogP contribution in [-0.2, 0) is 28.6 Å². The summed E-state index contributed by atoms with van der Waals surface area (Å²) in [5.74, 6) is -0.874. The van der Waals surface area contributed by atoms with Crippen molar-refractivity contribution in [2.24, 2.45) is 0 Å². The summed E-state index contributed by atoms with van der Waals surface area (Å²) < 4.78 is 16.9. The summed E-state index contributed by atoms with van der Waals surface area (Å²) in [6.45, 7) is 6.51. The molecule has 0 spiro atoms. The molecular formula is C73H128O6. The van der Waals surface area contributed by atoms with E-state index in [-0.39, 0.29) is 31.1 Å². The minimum absolute atomic E-state index is 0.0762. The van der Waals surface area contributed by atoms with E-state index in [9.17, 15) is 14.4 Å². The van der Waals surface area contributed by atoms with Gasteiger partial charge in [-0.3, -0.25) is 14.4 Å². The average Bonchev–Trinajstić information content (AvgIpc) is 3.45. The molecule has 6 heteroatoms. The number of carbonyl (C=O) groups is 3. The second kappa shape index (κ2) is 67.1. The summed E-state index contributed by atoms with van der Waals surface area (Å²) >= 11 is 0. The summed E-state index contributed by atoms with van der Waals surface area (Å²) in [5.41, 5.74) is 0. The zero-order valence-electron chi connectivity index (χ0n) is 52.4. The molecule has 0 aromatic rings. The van der Waals surface area contributed by atoms with Crippen molar-refractivity contribution < 1.29 is 28.6 Å². The molecule has 0 amide bonds. The smallest absolute Gasteiger partial charge is 0.306 e. The van der Waals surface area contributed by atoms with Gasteiger partial charge in [0.25, 0.3) is 0 Å². The lowest BCUT2D eigenvalue weighted by Gasteiger charge is -2.18. The molecular weight excluding hydrogens is 973 g/mol. The number of carbonyl (C=O) groups excluding carboxylic acids is 3. The maximum atomic E-state index is 12.9. The predicted molar refractivity (Wildman–Crippen MR) is 344 cm³/mol. The first-order valence-electron chi connectivity index (χ1n) is 34.1. The first kappa shape index (κ1) is 75.6. The van der Waals surface area contributed by atoms with Gasteiger partial charge in [0.1, 0.15) is 13.2 Å². The number of allylic oxidation sites excluding steroid dienone is 14. The molecule has 1 atom stereocenters. The largest absolute Gasteiger partial charge is 0.462 e. The summed E-state index contributed by atoms with van der Waals surface area (Å²) in [6.07, 6.45) is 89.0. The van der Waals surface area contributed by atoms with E-state index >= 15 is 0 Å². The van der Waals surface area contributed by atoms with Crippen LogP contribution in [0.5, 0.6) is 0 Å². The third-order valence-corrected chi connectivity index (χ3v) is 14.9. The zero-order chi connectivity index (χ0) is 57.1. The highest BCUT2D eigenvalue weighted by molar-refractivity contribution is 5.71. The fourth-order valence-corrected chi connectivity index (χ4v) is 9.78. The van der Waals surface area contributed by atoms with Gasteiger partial charge in [0, 0.05) is 19.3 Å². The molecule has 0 aromatic carbocycles. The van der Waals surface area contributed by atoms with Gasteiger partial charge in [-0.25, -0.2) is 0 Å². The van der Waals surface area contributed by atoms with E-state index in [0.29, 0.717) is 19.3 Å². The Hall–Kier alpha value is -3.41. The van der Waals surface area contributed by atoms with E-state index < -0.39 is 6.10 Å². The van der Waals surface area contributed by atoms with Crippen LogP contribution in [0.4, 0.5) is 0 Å². The molecule has 0 saturated heterocycles. The van der Waals surface area contributed by atoms with Gasteiger partial charge in [-0.15, -0.1) is 0 Å². The standard InChI is InChI=1S/C73H128O6/c1-4-7-10-13-16-19-22-25-27-28-29-30-31-32-33-34-35-36-37-38-39-40-41-42-43-44-45-46-47-49-51-54-57-60-63-66-72(75)78-69-70(68-77-71(74)65-62-59-56-53-50-24-21-18-15-12-9-6-3)79-73(76)67-64-61-58-55-52-48-26-23-20-17-14-11-8-5-2/h7,10,14,16-17,19,23,25-27,29-30,32-33,70H,4-6,8-9,11-13,15,18,20-22,24,28,31,34-69H2,1-3H3/b10-7-,17-14-,19-16-,26-23-,27-25-,30-29-,33-32-. The third kappa shape index (κ3) is 65.3. The Morgan fingerprint density at radius 2 is 0.506 bits per heavy atom. The molecule has 0 aromatic heterocycles. The van der Waals surface area contributed by atoms with Gasteiger partial charge in [-0.2, -0.15) is 0 Å². The molecule has 0 saturated carbocycles. The maximum absolute atomic E-state index is 12.9. The second-order valence-electron chi connectivity index (χ2n) is 22.7. The molecule has 1 unspecified atom stereocenters. The maximum Gasteiger partial charge on any atom is 0.306 e. The first-order chi connectivity index (χ1) is 39.0.